The van der Waals surface area contributed by atoms with Crippen LogP contribution in [0.5, 0.6) is 0 Å². The van der Waals surface area contributed by atoms with E-state index in [1.807, 2.05) is 0 Å². The molecule has 1 aliphatic rings. The van der Waals surface area contributed by atoms with Crippen LogP contribution in [0.4, 0.5) is 8.78 Å². The first-order valence-electron chi connectivity index (χ1n) is 3.88. The molecule has 64 valence electrons. The van der Waals surface area contributed by atoms with Crippen molar-refractivity contribution in [1.29, 1.82) is 0 Å². The predicted octanol–water partition coefficient (Wildman–Crippen LogP) is 1.92. The van der Waals surface area contributed by atoms with E-state index in [0.29, 0.717) is 11.1 Å². The Morgan fingerprint density at radius 2 is 2.00 bits per heavy atom. The van der Waals surface area contributed by atoms with Gasteiger partial charge in [0.05, 0.1) is 0 Å². The second-order valence-corrected chi connectivity index (χ2v) is 3.06. The number of hydrogen-bond donors (Lipinski definition) is 1. The van der Waals surface area contributed by atoms with Crippen LogP contribution in [0.3, 0.4) is 0 Å². The van der Waals surface area contributed by atoms with Crippen LogP contribution in [0, 0.1) is 18.6 Å². The van der Waals surface area contributed by atoms with E-state index < -0.39 is 11.6 Å². The summed E-state index contributed by atoms with van der Waals surface area (Å²) >= 11 is 0. The van der Waals surface area contributed by atoms with E-state index in [0.717, 1.165) is 6.54 Å². The summed E-state index contributed by atoms with van der Waals surface area (Å²) in [6.07, 6.45) is 0. The van der Waals surface area contributed by atoms with E-state index >= 15 is 0 Å². The van der Waals surface area contributed by atoms with Crippen molar-refractivity contribution < 1.29 is 8.78 Å². The zero-order chi connectivity index (χ0) is 8.72. The molecule has 0 bridgehead atoms. The largest absolute Gasteiger partial charge is 0.307 e. The molecular weight excluding hydrogens is 160 g/mol. The zero-order valence-corrected chi connectivity index (χ0v) is 6.70. The Bertz CT molecular complexity index is 319. The maximum Gasteiger partial charge on any atom is 0.163 e. The Kier molecular flexibility index (Phi) is 1.61. The lowest BCUT2D eigenvalue weighted by atomic mass is 10.1. The van der Waals surface area contributed by atoms with Crippen molar-refractivity contribution in [2.45, 2.75) is 13.0 Å². The second-order valence-electron chi connectivity index (χ2n) is 3.06. The highest BCUT2D eigenvalue weighted by atomic mass is 19.2. The molecule has 1 fully saturated rings. The van der Waals surface area contributed by atoms with Crippen molar-refractivity contribution in [2.75, 3.05) is 6.54 Å². The molecule has 0 aliphatic carbocycles. The van der Waals surface area contributed by atoms with Gasteiger partial charge in [-0.2, -0.15) is 0 Å². The SMILES string of the molecule is Cc1ccc([C@H]2CN2)c(F)c1F. The molecule has 0 spiro atoms. The Hall–Kier alpha value is -0.960. The average molecular weight is 169 g/mol. The van der Waals surface area contributed by atoms with Crippen molar-refractivity contribution in [3.8, 4) is 0 Å². The molecule has 1 nitrogen and oxygen atoms in total. The van der Waals surface area contributed by atoms with Crippen molar-refractivity contribution >= 4 is 0 Å². The van der Waals surface area contributed by atoms with Crippen molar-refractivity contribution in [3.05, 3.63) is 34.9 Å². The van der Waals surface area contributed by atoms with E-state index in [1.54, 1.807) is 19.1 Å². The molecule has 0 unspecified atom stereocenters. The summed E-state index contributed by atoms with van der Waals surface area (Å²) in [4.78, 5) is 0. The summed E-state index contributed by atoms with van der Waals surface area (Å²) in [5.41, 5.74) is 0.801. The maximum absolute atomic E-state index is 13.1. The quantitative estimate of drug-likeness (QED) is 0.637. The summed E-state index contributed by atoms with van der Waals surface area (Å²) in [6, 6.07) is 3.27. The molecule has 12 heavy (non-hydrogen) atoms. The monoisotopic (exact) mass is 169 g/mol. The third kappa shape index (κ3) is 1.10. The Morgan fingerprint density at radius 3 is 2.58 bits per heavy atom. The molecule has 0 aromatic heterocycles. The van der Waals surface area contributed by atoms with Crippen LogP contribution < -0.4 is 5.32 Å². The van der Waals surface area contributed by atoms with Crippen LogP contribution in [0.2, 0.25) is 0 Å². The number of aryl methyl sites for hydroxylation is 1. The fourth-order valence-corrected chi connectivity index (χ4v) is 1.21. The fraction of sp³-hybridized carbons (Fsp3) is 0.333. The molecule has 1 N–H and O–H groups in total. The molecular formula is C9H9F2N. The second kappa shape index (κ2) is 2.52. The molecule has 1 aliphatic heterocycles. The van der Waals surface area contributed by atoms with Crippen molar-refractivity contribution in [3.63, 3.8) is 0 Å². The maximum atomic E-state index is 13.1. The summed E-state index contributed by atoms with van der Waals surface area (Å²) in [7, 11) is 0. The number of halogens is 2. The lowest BCUT2D eigenvalue weighted by Gasteiger charge is -2.02. The van der Waals surface area contributed by atoms with Gasteiger partial charge in [-0.3, -0.25) is 0 Å². The van der Waals surface area contributed by atoms with Gasteiger partial charge in [0.25, 0.3) is 0 Å². The van der Waals surface area contributed by atoms with Gasteiger partial charge in [0, 0.05) is 18.2 Å². The van der Waals surface area contributed by atoms with Gasteiger partial charge in [0.15, 0.2) is 11.6 Å². The summed E-state index contributed by atoms with van der Waals surface area (Å²) in [5.74, 6) is -1.42. The third-order valence-electron chi connectivity index (χ3n) is 2.09. The normalized spacial score (nSPS) is 21.1. The van der Waals surface area contributed by atoms with E-state index in [2.05, 4.69) is 5.32 Å². The third-order valence-corrected chi connectivity index (χ3v) is 2.09. The smallest absolute Gasteiger partial charge is 0.163 e. The Balaban J connectivity index is 2.49. The van der Waals surface area contributed by atoms with E-state index in [9.17, 15) is 8.78 Å². The minimum absolute atomic E-state index is 0.0279. The molecule has 2 rings (SSSR count). The van der Waals surface area contributed by atoms with Crippen LogP contribution in [0.25, 0.3) is 0 Å². The molecule has 1 atom stereocenters. The molecule has 0 amide bonds. The lowest BCUT2D eigenvalue weighted by molar-refractivity contribution is 0.493. The molecule has 1 heterocycles. The predicted molar refractivity (Wildman–Crippen MR) is 41.8 cm³/mol. The minimum atomic E-state index is -0.721. The van der Waals surface area contributed by atoms with E-state index in [1.165, 1.54) is 0 Å². The van der Waals surface area contributed by atoms with Gasteiger partial charge >= 0.3 is 0 Å². The first-order chi connectivity index (χ1) is 5.70. The molecule has 1 saturated heterocycles. The van der Waals surface area contributed by atoms with E-state index in [-0.39, 0.29) is 6.04 Å². The van der Waals surface area contributed by atoms with Crippen LogP contribution in [-0.2, 0) is 0 Å². The summed E-state index contributed by atoms with van der Waals surface area (Å²) in [6.45, 7) is 2.31. The van der Waals surface area contributed by atoms with Crippen LogP contribution >= 0.6 is 0 Å². The van der Waals surface area contributed by atoms with Crippen molar-refractivity contribution in [1.82, 2.24) is 5.32 Å². The first kappa shape index (κ1) is 7.68. The minimum Gasteiger partial charge on any atom is -0.307 e. The average Bonchev–Trinajstić information content (AvgIpc) is 2.84. The van der Waals surface area contributed by atoms with Gasteiger partial charge in [0.2, 0.25) is 0 Å². The van der Waals surface area contributed by atoms with Gasteiger partial charge in [-0.25, -0.2) is 8.78 Å². The standard InChI is InChI=1S/C9H9F2N/c1-5-2-3-6(7-4-12-7)9(11)8(5)10/h2-3,7,12H,4H2,1H3/t7-/m1/s1. The summed E-state index contributed by atoms with van der Waals surface area (Å²) < 4.78 is 26.1. The number of benzene rings is 1. The topological polar surface area (TPSA) is 21.9 Å². The highest BCUT2D eigenvalue weighted by Crippen LogP contribution is 2.26. The molecule has 1 aromatic carbocycles. The number of nitrogens with one attached hydrogen (secondary N) is 1. The summed E-state index contributed by atoms with van der Waals surface area (Å²) in [5, 5.41) is 2.93. The van der Waals surface area contributed by atoms with Gasteiger partial charge in [-0.05, 0) is 12.5 Å². The molecule has 0 radical (unpaired) electrons. The van der Waals surface area contributed by atoms with Crippen LogP contribution in [0.15, 0.2) is 12.1 Å². The van der Waals surface area contributed by atoms with Crippen LogP contribution in [-0.4, -0.2) is 6.54 Å². The Morgan fingerprint density at radius 1 is 1.33 bits per heavy atom. The van der Waals surface area contributed by atoms with Gasteiger partial charge < -0.3 is 5.32 Å². The molecule has 0 saturated carbocycles. The molecule has 3 heteroatoms. The Labute approximate surface area is 69.4 Å². The highest BCUT2D eigenvalue weighted by molar-refractivity contribution is 5.30. The van der Waals surface area contributed by atoms with E-state index in [4.69, 9.17) is 0 Å². The van der Waals surface area contributed by atoms with Gasteiger partial charge in [-0.1, -0.05) is 12.1 Å². The first-order valence-corrected chi connectivity index (χ1v) is 3.88. The van der Waals surface area contributed by atoms with Gasteiger partial charge in [-0.15, -0.1) is 0 Å². The van der Waals surface area contributed by atoms with Crippen LogP contribution in [0.1, 0.15) is 17.2 Å². The number of rotatable bonds is 1. The lowest BCUT2D eigenvalue weighted by Crippen LogP contribution is -1.96. The molecule has 1 aromatic rings. The van der Waals surface area contributed by atoms with Gasteiger partial charge in [0.1, 0.15) is 0 Å². The van der Waals surface area contributed by atoms with Crippen molar-refractivity contribution in [2.24, 2.45) is 0 Å². The highest BCUT2D eigenvalue weighted by Gasteiger charge is 2.27. The number of hydrogen-bond acceptors (Lipinski definition) is 1. The fourth-order valence-electron chi connectivity index (χ4n) is 1.21. The zero-order valence-electron chi connectivity index (χ0n) is 6.70.